The monoisotopic (exact) mass is 218 g/mol. The van der Waals surface area contributed by atoms with E-state index in [1.54, 1.807) is 0 Å². The van der Waals surface area contributed by atoms with Crippen molar-refractivity contribution in [1.29, 1.82) is 0 Å². The molecular weight excluding hydrogens is 211 g/mol. The Bertz CT molecular complexity index is 339. The third kappa shape index (κ3) is 2.39. The predicted octanol–water partition coefficient (Wildman–Crippen LogP) is 2.63. The van der Waals surface area contributed by atoms with E-state index in [0.717, 1.165) is 0 Å². The summed E-state index contributed by atoms with van der Waals surface area (Å²) in [6.45, 7) is 3.81. The summed E-state index contributed by atoms with van der Waals surface area (Å²) in [5.41, 5.74) is 0.904. The first-order valence-corrected chi connectivity index (χ1v) is 4.50. The van der Waals surface area contributed by atoms with E-state index < -0.39 is 5.24 Å². The average molecular weight is 219 g/mol. The van der Waals surface area contributed by atoms with Crippen molar-refractivity contribution in [3.8, 4) is 0 Å². The van der Waals surface area contributed by atoms with Gasteiger partial charge in [-0.1, -0.05) is 13.8 Å². The summed E-state index contributed by atoms with van der Waals surface area (Å²) < 4.78 is 0. The Morgan fingerprint density at radius 3 is 2.62 bits per heavy atom. The summed E-state index contributed by atoms with van der Waals surface area (Å²) in [5.74, 6) is 0.0956. The Hall–Kier alpha value is -0.670. The van der Waals surface area contributed by atoms with Crippen LogP contribution < -0.4 is 0 Å². The number of nitrogens with zero attached hydrogens (tertiary/aromatic N) is 2. The van der Waals surface area contributed by atoms with E-state index in [2.05, 4.69) is 9.97 Å². The van der Waals surface area contributed by atoms with Crippen molar-refractivity contribution in [3.05, 3.63) is 22.7 Å². The zero-order valence-corrected chi connectivity index (χ0v) is 8.73. The minimum atomic E-state index is -0.555. The smallest absolute Gasteiger partial charge is 0.255 e. The summed E-state index contributed by atoms with van der Waals surface area (Å²) in [6, 6.07) is 0. The van der Waals surface area contributed by atoms with Crippen molar-refractivity contribution < 1.29 is 4.79 Å². The maximum atomic E-state index is 10.9. The maximum absolute atomic E-state index is 10.9. The van der Waals surface area contributed by atoms with Gasteiger partial charge in [0, 0.05) is 6.20 Å². The molecule has 0 aliphatic heterocycles. The molecule has 3 nitrogen and oxygen atoms in total. The van der Waals surface area contributed by atoms with Crippen LogP contribution in [0.3, 0.4) is 0 Å². The van der Waals surface area contributed by atoms with Crippen LogP contribution in [0.25, 0.3) is 0 Å². The SMILES string of the molecule is CC(C)c1nc(Cl)ncc1C(=O)Cl. The Labute approximate surface area is 86.1 Å². The highest BCUT2D eigenvalue weighted by atomic mass is 35.5. The topological polar surface area (TPSA) is 42.9 Å². The number of hydrogen-bond acceptors (Lipinski definition) is 3. The Balaban J connectivity index is 3.26. The van der Waals surface area contributed by atoms with Gasteiger partial charge in [0.25, 0.3) is 5.24 Å². The second kappa shape index (κ2) is 4.03. The summed E-state index contributed by atoms with van der Waals surface area (Å²) in [6.07, 6.45) is 1.35. The van der Waals surface area contributed by atoms with E-state index in [1.807, 2.05) is 13.8 Å². The van der Waals surface area contributed by atoms with Crippen molar-refractivity contribution in [2.75, 3.05) is 0 Å². The molecule has 0 aliphatic carbocycles. The molecule has 0 N–H and O–H groups in total. The molecule has 0 spiro atoms. The molecule has 0 unspecified atom stereocenters. The molecule has 5 heteroatoms. The highest BCUT2D eigenvalue weighted by Crippen LogP contribution is 2.19. The number of carbonyl (C=O) groups excluding carboxylic acids is 1. The molecule has 13 heavy (non-hydrogen) atoms. The molecule has 0 atom stereocenters. The Morgan fingerprint density at radius 1 is 1.54 bits per heavy atom. The molecular formula is C8H8Cl2N2O. The lowest BCUT2D eigenvalue weighted by Gasteiger charge is -2.07. The second-order valence-corrected chi connectivity index (χ2v) is 3.55. The zero-order valence-electron chi connectivity index (χ0n) is 7.21. The van der Waals surface area contributed by atoms with E-state index in [9.17, 15) is 4.79 Å². The Morgan fingerprint density at radius 2 is 2.15 bits per heavy atom. The molecule has 1 heterocycles. The molecule has 1 aromatic heterocycles. The van der Waals surface area contributed by atoms with Gasteiger partial charge in [-0.2, -0.15) is 0 Å². The maximum Gasteiger partial charge on any atom is 0.255 e. The number of halogens is 2. The number of aromatic nitrogens is 2. The van der Waals surface area contributed by atoms with Crippen LogP contribution in [0.1, 0.15) is 35.8 Å². The average Bonchev–Trinajstić information content (AvgIpc) is 2.03. The van der Waals surface area contributed by atoms with Crippen LogP contribution in [-0.4, -0.2) is 15.2 Å². The van der Waals surface area contributed by atoms with Crippen molar-refractivity contribution in [1.82, 2.24) is 9.97 Å². The van der Waals surface area contributed by atoms with E-state index in [4.69, 9.17) is 23.2 Å². The molecule has 0 aromatic carbocycles. The minimum Gasteiger partial charge on any atom is -0.275 e. The standard InChI is InChI=1S/C8H8Cl2N2O/c1-4(2)6-5(7(9)13)3-11-8(10)12-6/h3-4H,1-2H3. The predicted molar refractivity (Wildman–Crippen MR) is 51.3 cm³/mol. The number of hydrogen-bond donors (Lipinski definition) is 0. The lowest BCUT2D eigenvalue weighted by Crippen LogP contribution is -2.04. The molecule has 0 amide bonds. The van der Waals surface area contributed by atoms with Crippen molar-refractivity contribution in [3.63, 3.8) is 0 Å². The first-order chi connectivity index (χ1) is 6.02. The van der Waals surface area contributed by atoms with Gasteiger partial charge in [0.1, 0.15) is 0 Å². The minimum absolute atomic E-state index is 0.0956. The summed E-state index contributed by atoms with van der Waals surface area (Å²) in [7, 11) is 0. The number of rotatable bonds is 2. The van der Waals surface area contributed by atoms with Gasteiger partial charge in [-0.25, -0.2) is 9.97 Å². The van der Waals surface area contributed by atoms with Gasteiger partial charge in [0.15, 0.2) is 0 Å². The molecule has 0 aliphatic rings. The molecule has 1 rings (SSSR count). The molecule has 0 radical (unpaired) electrons. The van der Waals surface area contributed by atoms with E-state index >= 15 is 0 Å². The quantitative estimate of drug-likeness (QED) is 0.567. The fraction of sp³-hybridized carbons (Fsp3) is 0.375. The molecule has 0 saturated carbocycles. The van der Waals surface area contributed by atoms with E-state index in [0.29, 0.717) is 11.3 Å². The van der Waals surface area contributed by atoms with Gasteiger partial charge in [-0.3, -0.25) is 4.79 Å². The first-order valence-electron chi connectivity index (χ1n) is 3.74. The molecule has 0 bridgehead atoms. The third-order valence-corrected chi connectivity index (χ3v) is 1.93. The van der Waals surface area contributed by atoms with Crippen LogP contribution in [0.5, 0.6) is 0 Å². The van der Waals surface area contributed by atoms with Crippen molar-refractivity contribution in [2.24, 2.45) is 0 Å². The van der Waals surface area contributed by atoms with Gasteiger partial charge in [0.05, 0.1) is 11.3 Å². The second-order valence-electron chi connectivity index (χ2n) is 2.87. The molecule has 70 valence electrons. The van der Waals surface area contributed by atoms with Gasteiger partial charge in [-0.05, 0) is 29.1 Å². The lowest BCUT2D eigenvalue weighted by atomic mass is 10.1. The van der Waals surface area contributed by atoms with E-state index in [-0.39, 0.29) is 11.2 Å². The van der Waals surface area contributed by atoms with Gasteiger partial charge >= 0.3 is 0 Å². The molecule has 0 saturated heterocycles. The first kappa shape index (κ1) is 10.4. The normalized spacial score (nSPS) is 10.5. The van der Waals surface area contributed by atoms with Crippen LogP contribution in [0.4, 0.5) is 0 Å². The fourth-order valence-electron chi connectivity index (χ4n) is 0.964. The van der Waals surface area contributed by atoms with Crippen molar-refractivity contribution >= 4 is 28.4 Å². The van der Waals surface area contributed by atoms with Crippen LogP contribution in [-0.2, 0) is 0 Å². The largest absolute Gasteiger partial charge is 0.275 e. The highest BCUT2D eigenvalue weighted by molar-refractivity contribution is 6.67. The fourth-order valence-corrected chi connectivity index (χ4v) is 1.25. The highest BCUT2D eigenvalue weighted by Gasteiger charge is 2.14. The zero-order chi connectivity index (χ0) is 10.0. The van der Waals surface area contributed by atoms with E-state index in [1.165, 1.54) is 6.20 Å². The van der Waals surface area contributed by atoms with Crippen LogP contribution in [0.15, 0.2) is 6.20 Å². The van der Waals surface area contributed by atoms with Gasteiger partial charge < -0.3 is 0 Å². The molecule has 0 fully saturated rings. The van der Waals surface area contributed by atoms with Gasteiger partial charge in [-0.15, -0.1) is 0 Å². The summed E-state index contributed by atoms with van der Waals surface area (Å²) in [4.78, 5) is 18.6. The third-order valence-electron chi connectivity index (χ3n) is 1.55. The van der Waals surface area contributed by atoms with Crippen LogP contribution in [0.2, 0.25) is 5.28 Å². The lowest BCUT2D eigenvalue weighted by molar-refractivity contribution is 0.107. The number of carbonyl (C=O) groups is 1. The van der Waals surface area contributed by atoms with Gasteiger partial charge in [0.2, 0.25) is 5.28 Å². The Kier molecular flexibility index (Phi) is 3.22. The van der Waals surface area contributed by atoms with Crippen LogP contribution >= 0.6 is 23.2 Å². The molecule has 1 aromatic rings. The summed E-state index contributed by atoms with van der Waals surface area (Å²) >= 11 is 10.9. The summed E-state index contributed by atoms with van der Waals surface area (Å²) in [5, 5.41) is -0.425. The van der Waals surface area contributed by atoms with Crippen molar-refractivity contribution in [2.45, 2.75) is 19.8 Å². The van der Waals surface area contributed by atoms with Crippen LogP contribution in [0, 0.1) is 0 Å².